The lowest BCUT2D eigenvalue weighted by Crippen LogP contribution is -2.12. The molecule has 0 fully saturated rings. The first-order chi connectivity index (χ1) is 20.7. The topological polar surface area (TPSA) is 89.5 Å². The number of carbonyl (C=O) groups excluding carboxylic acids is 2. The van der Waals surface area contributed by atoms with Gasteiger partial charge in [-0.15, -0.1) is 0 Å². The number of carbonyl (C=O) groups is 2. The molecule has 2 aromatic carbocycles. The lowest BCUT2D eigenvalue weighted by Gasteiger charge is -2.13. The molecule has 2 rings (SSSR count). The van der Waals surface area contributed by atoms with Crippen molar-refractivity contribution >= 4 is 24.1 Å². The molecule has 8 nitrogen and oxygen atoms in total. The minimum Gasteiger partial charge on any atom is -0.468 e. The van der Waals surface area contributed by atoms with Crippen LogP contribution < -0.4 is 9.47 Å². The molecule has 0 aliphatic carbocycles. The Bertz CT molecular complexity index is 1070. The van der Waals surface area contributed by atoms with Gasteiger partial charge in [-0.2, -0.15) is 0 Å². The van der Waals surface area contributed by atoms with E-state index in [1.165, 1.54) is 32.1 Å². The summed E-state index contributed by atoms with van der Waals surface area (Å²) >= 11 is 0. The second-order valence-corrected chi connectivity index (χ2v) is 10.3. The summed E-state index contributed by atoms with van der Waals surface area (Å²) in [4.78, 5) is 22.7. The SMILES string of the molecule is CCCCC(CC)COC(=O)/C=C/c1ccc(OCOC(C)C)cc1.COC(=O)/C=C/c1ccc(OCOC(C)C)cc1. The van der Waals surface area contributed by atoms with E-state index in [9.17, 15) is 9.59 Å². The molecule has 1 atom stereocenters. The van der Waals surface area contributed by atoms with Crippen LogP contribution in [0.4, 0.5) is 0 Å². The summed E-state index contributed by atoms with van der Waals surface area (Å²) in [5, 5.41) is 0. The number of methoxy groups -OCH3 is 1. The number of hydrogen-bond acceptors (Lipinski definition) is 8. The third-order valence-corrected chi connectivity index (χ3v) is 6.04. The molecule has 43 heavy (non-hydrogen) atoms. The number of ether oxygens (including phenoxy) is 6. The van der Waals surface area contributed by atoms with E-state index in [1.807, 2.05) is 76.2 Å². The molecule has 1 unspecified atom stereocenters. The highest BCUT2D eigenvalue weighted by atomic mass is 16.7. The van der Waals surface area contributed by atoms with E-state index in [1.54, 1.807) is 12.2 Å². The smallest absolute Gasteiger partial charge is 0.330 e. The summed E-state index contributed by atoms with van der Waals surface area (Å²) in [5.41, 5.74) is 1.82. The Hall–Kier alpha value is -3.62. The Labute approximate surface area is 258 Å². The van der Waals surface area contributed by atoms with E-state index in [0.717, 1.165) is 35.5 Å². The number of unbranched alkanes of at least 4 members (excludes halogenated alkanes) is 1. The molecule has 2 aromatic rings. The van der Waals surface area contributed by atoms with E-state index >= 15 is 0 Å². The first-order valence-corrected chi connectivity index (χ1v) is 15.0. The Morgan fingerprint density at radius 2 is 1.19 bits per heavy atom. The van der Waals surface area contributed by atoms with Crippen molar-refractivity contribution in [3.63, 3.8) is 0 Å². The molecule has 0 heterocycles. The number of esters is 2. The van der Waals surface area contributed by atoms with Gasteiger partial charge in [0.25, 0.3) is 0 Å². The van der Waals surface area contributed by atoms with Gasteiger partial charge in [-0.05, 0) is 87.6 Å². The predicted octanol–water partition coefficient (Wildman–Crippen LogP) is 7.85. The fraction of sp³-hybridized carbons (Fsp3) is 0.486. The van der Waals surface area contributed by atoms with Crippen LogP contribution in [0.2, 0.25) is 0 Å². The molecule has 0 aliphatic rings. The number of rotatable bonds is 18. The van der Waals surface area contributed by atoms with Gasteiger partial charge in [0.1, 0.15) is 11.5 Å². The van der Waals surface area contributed by atoms with Gasteiger partial charge in [-0.3, -0.25) is 0 Å². The summed E-state index contributed by atoms with van der Waals surface area (Å²) in [5.74, 6) is 1.26. The summed E-state index contributed by atoms with van der Waals surface area (Å²) in [6.07, 6.45) is 11.1. The zero-order chi connectivity index (χ0) is 31.9. The van der Waals surface area contributed by atoms with Crippen LogP contribution in [0.5, 0.6) is 11.5 Å². The van der Waals surface area contributed by atoms with E-state index in [2.05, 4.69) is 18.6 Å². The van der Waals surface area contributed by atoms with E-state index in [-0.39, 0.29) is 37.7 Å². The summed E-state index contributed by atoms with van der Waals surface area (Å²) < 4.78 is 31.3. The summed E-state index contributed by atoms with van der Waals surface area (Å²) in [6, 6.07) is 14.8. The third kappa shape index (κ3) is 19.2. The highest BCUT2D eigenvalue weighted by molar-refractivity contribution is 5.87. The molecule has 0 radical (unpaired) electrons. The Morgan fingerprint density at radius 3 is 1.58 bits per heavy atom. The zero-order valence-corrected chi connectivity index (χ0v) is 26.9. The molecule has 0 aromatic heterocycles. The molecule has 0 amide bonds. The van der Waals surface area contributed by atoms with Crippen LogP contribution in [0.25, 0.3) is 12.2 Å². The predicted molar refractivity (Wildman–Crippen MR) is 171 cm³/mol. The molecule has 0 aliphatic heterocycles. The molecule has 0 saturated carbocycles. The second kappa shape index (κ2) is 22.9. The lowest BCUT2D eigenvalue weighted by atomic mass is 10.0. The van der Waals surface area contributed by atoms with Crippen LogP contribution in [-0.2, 0) is 28.5 Å². The zero-order valence-electron chi connectivity index (χ0n) is 26.9. The maximum Gasteiger partial charge on any atom is 0.330 e. The fourth-order valence-electron chi connectivity index (χ4n) is 3.37. The first kappa shape index (κ1) is 37.4. The van der Waals surface area contributed by atoms with Crippen molar-refractivity contribution in [2.45, 2.75) is 79.4 Å². The van der Waals surface area contributed by atoms with Crippen LogP contribution in [0.3, 0.4) is 0 Å². The average molecular weight is 599 g/mol. The van der Waals surface area contributed by atoms with Crippen molar-refractivity contribution in [3.05, 3.63) is 71.8 Å². The minimum atomic E-state index is -0.374. The summed E-state index contributed by atoms with van der Waals surface area (Å²) in [6.45, 7) is 13.1. The van der Waals surface area contributed by atoms with Gasteiger partial charge in [-0.25, -0.2) is 9.59 Å². The van der Waals surface area contributed by atoms with Gasteiger partial charge >= 0.3 is 11.9 Å². The van der Waals surface area contributed by atoms with Crippen molar-refractivity contribution in [2.75, 3.05) is 27.3 Å². The molecule has 8 heteroatoms. The quantitative estimate of drug-likeness (QED) is 0.0973. The lowest BCUT2D eigenvalue weighted by molar-refractivity contribution is -0.139. The van der Waals surface area contributed by atoms with Crippen molar-refractivity contribution < 1.29 is 38.0 Å². The number of hydrogen-bond donors (Lipinski definition) is 0. The second-order valence-electron chi connectivity index (χ2n) is 10.3. The Morgan fingerprint density at radius 1 is 0.721 bits per heavy atom. The van der Waals surface area contributed by atoms with E-state index in [0.29, 0.717) is 12.5 Å². The normalized spacial score (nSPS) is 11.8. The Balaban J connectivity index is 0.000000453. The number of benzene rings is 2. The Kier molecular flexibility index (Phi) is 19.9. The van der Waals surface area contributed by atoms with Gasteiger partial charge in [0, 0.05) is 12.2 Å². The monoisotopic (exact) mass is 598 g/mol. The average Bonchev–Trinajstić information content (AvgIpc) is 3.00. The molecular weight excluding hydrogens is 548 g/mol. The molecule has 238 valence electrons. The van der Waals surface area contributed by atoms with Gasteiger partial charge in [0.2, 0.25) is 0 Å². The van der Waals surface area contributed by atoms with Crippen LogP contribution >= 0.6 is 0 Å². The van der Waals surface area contributed by atoms with Crippen molar-refractivity contribution in [1.29, 1.82) is 0 Å². The molecular formula is C35H50O8. The highest BCUT2D eigenvalue weighted by Crippen LogP contribution is 2.16. The van der Waals surface area contributed by atoms with Crippen LogP contribution in [-0.4, -0.2) is 51.4 Å². The highest BCUT2D eigenvalue weighted by Gasteiger charge is 2.08. The molecule has 0 spiro atoms. The van der Waals surface area contributed by atoms with Gasteiger partial charge < -0.3 is 28.4 Å². The first-order valence-electron chi connectivity index (χ1n) is 15.0. The van der Waals surface area contributed by atoms with Crippen molar-refractivity contribution in [1.82, 2.24) is 0 Å². The summed E-state index contributed by atoms with van der Waals surface area (Å²) in [7, 11) is 1.35. The van der Waals surface area contributed by atoms with Crippen molar-refractivity contribution in [2.24, 2.45) is 5.92 Å². The van der Waals surface area contributed by atoms with E-state index in [4.69, 9.17) is 23.7 Å². The van der Waals surface area contributed by atoms with Crippen LogP contribution in [0.1, 0.15) is 78.4 Å². The van der Waals surface area contributed by atoms with Gasteiger partial charge in [0.15, 0.2) is 13.6 Å². The van der Waals surface area contributed by atoms with Crippen molar-refractivity contribution in [3.8, 4) is 11.5 Å². The standard InChI is InChI=1S/C21H32O4.C14H18O4/c1-5-7-8-18(6-2)15-23-21(22)14-11-19-9-12-20(13-10-19)25-16-24-17(3)4;1-11(2)17-10-18-13-7-4-12(5-8-13)6-9-14(15)16-3/h9-14,17-18H,5-8,15-16H2,1-4H3;4-9,11H,10H2,1-3H3/b14-11+;9-6+. The van der Waals surface area contributed by atoms with Crippen LogP contribution in [0.15, 0.2) is 60.7 Å². The minimum absolute atomic E-state index is 0.141. The molecule has 0 bridgehead atoms. The van der Waals surface area contributed by atoms with E-state index < -0.39 is 0 Å². The van der Waals surface area contributed by atoms with Crippen LogP contribution in [0, 0.1) is 5.92 Å². The van der Waals surface area contributed by atoms with Gasteiger partial charge in [0.05, 0.1) is 25.9 Å². The maximum atomic E-state index is 11.8. The molecule has 0 saturated heterocycles. The van der Waals surface area contributed by atoms with Gasteiger partial charge in [-0.1, -0.05) is 57.4 Å². The molecule has 0 N–H and O–H groups in total. The largest absolute Gasteiger partial charge is 0.468 e. The maximum absolute atomic E-state index is 11.8. The fourth-order valence-corrected chi connectivity index (χ4v) is 3.37. The third-order valence-electron chi connectivity index (χ3n) is 6.04.